The molecule has 0 saturated carbocycles. The summed E-state index contributed by atoms with van der Waals surface area (Å²) in [5, 5.41) is 102. The molecular weight excluding hydrogens is 927 g/mol. The van der Waals surface area contributed by atoms with Gasteiger partial charge in [0.25, 0.3) is 0 Å². The van der Waals surface area contributed by atoms with Crippen molar-refractivity contribution in [3.63, 3.8) is 0 Å². The summed E-state index contributed by atoms with van der Waals surface area (Å²) in [6, 6.07) is -1.35. The lowest BCUT2D eigenvalue weighted by Crippen LogP contribution is -2.58. The average Bonchev–Trinajstić information content (AvgIpc) is 3.31. The van der Waals surface area contributed by atoms with Crippen molar-refractivity contribution in [2.24, 2.45) is 22.9 Å². The van der Waals surface area contributed by atoms with E-state index in [9.17, 15) is 55.5 Å². The van der Waals surface area contributed by atoms with Crippen molar-refractivity contribution in [3.8, 4) is 0 Å². The van der Waals surface area contributed by atoms with Crippen molar-refractivity contribution >= 4 is 11.9 Å². The van der Waals surface area contributed by atoms with Crippen LogP contribution in [0.3, 0.4) is 0 Å². The minimum atomic E-state index is -1.79. The number of methoxy groups -OCH3 is 1. The number of carbonyl (C=O) groups excluding carboxylic acids is 2. The monoisotopic (exact) mass is 1000 g/mol. The topological polar surface area (TPSA) is 320 Å². The Labute approximate surface area is 416 Å². The predicted molar refractivity (Wildman–Crippen MR) is 260 cm³/mol. The first-order valence-corrected chi connectivity index (χ1v) is 24.1. The molecule has 3 heterocycles. The quantitative estimate of drug-likeness (QED) is 0.0581. The van der Waals surface area contributed by atoms with Gasteiger partial charge in [-0.1, -0.05) is 117 Å². The van der Waals surface area contributed by atoms with Crippen molar-refractivity contribution < 1.29 is 84.0 Å². The first-order valence-electron chi connectivity index (χ1n) is 24.1. The summed E-state index contributed by atoms with van der Waals surface area (Å²) >= 11 is 0. The highest BCUT2D eigenvalue weighted by Crippen LogP contribution is 2.40. The van der Waals surface area contributed by atoms with Crippen LogP contribution in [0.4, 0.5) is 0 Å². The van der Waals surface area contributed by atoms with Crippen LogP contribution in [-0.4, -0.2) is 169 Å². The van der Waals surface area contributed by atoms with E-state index < -0.39 is 134 Å². The van der Waals surface area contributed by atoms with E-state index in [1.807, 2.05) is 37.3 Å². The van der Waals surface area contributed by atoms with Crippen LogP contribution in [0.15, 0.2) is 103 Å². The van der Waals surface area contributed by atoms with Gasteiger partial charge in [0.15, 0.2) is 12.1 Å². The van der Waals surface area contributed by atoms with Gasteiger partial charge in [-0.25, -0.2) is 0 Å². The minimum Gasteiger partial charge on any atom is -0.462 e. The van der Waals surface area contributed by atoms with E-state index in [2.05, 4.69) is 16.6 Å². The highest BCUT2D eigenvalue weighted by atomic mass is 16.7. The Balaban J connectivity index is 1.97. The van der Waals surface area contributed by atoms with Gasteiger partial charge in [0.2, 0.25) is 0 Å². The van der Waals surface area contributed by atoms with Gasteiger partial charge in [-0.3, -0.25) is 9.59 Å². The maximum Gasteiger partial charge on any atom is 0.314 e. The fraction of sp³-hybridized carbons (Fsp3) is 0.647. The molecule has 0 radical (unpaired) electrons. The Morgan fingerprint density at radius 3 is 1.96 bits per heavy atom. The molecule has 71 heavy (non-hydrogen) atoms. The number of allylic oxidation sites excluding steroid dienone is 12. The Hall–Kier alpha value is -4.35. The molecule has 9 N–H and O–H groups in total. The van der Waals surface area contributed by atoms with Crippen molar-refractivity contribution in [3.05, 3.63) is 108 Å². The number of rotatable bonds is 7. The fourth-order valence-electron chi connectivity index (χ4n) is 8.52. The standard InChI is InChI=1S/C51H77N3O17/c1-7-24-67-49(65)44-41(60)30-51(66-6)29-37(57)26-40(59)39(58)23-22-35(55)25-36(56)27-43(61)68-33(4)32(3)46(62)31(2)20-18-16-14-12-10-8-9-11-13-15-17-19-21-38(28-42(44)71-51)70-50-48(64)45(53-54-52)47(63)34(5)69-50/h7-21,31-42,44-48,50,55-60,62-64H,1,22-30H2,2-6H3/b9-8+,12-10+,13-11+,16-14+,17-15+,20-18+,21-19+/t31-,32-,33-,34+,35+,36+,37?,38-,39?,40+,41-,42-,44+,45-,46+,47+,48?,50-,51+/m0/s1. The second-order valence-corrected chi connectivity index (χ2v) is 18.4. The zero-order valence-corrected chi connectivity index (χ0v) is 41.3. The van der Waals surface area contributed by atoms with Gasteiger partial charge in [-0.2, -0.15) is 0 Å². The molecule has 398 valence electrons. The van der Waals surface area contributed by atoms with Gasteiger partial charge >= 0.3 is 11.9 Å². The van der Waals surface area contributed by atoms with E-state index in [0.29, 0.717) is 0 Å². The summed E-state index contributed by atoms with van der Waals surface area (Å²) in [4.78, 5) is 29.0. The van der Waals surface area contributed by atoms with Gasteiger partial charge < -0.3 is 74.4 Å². The van der Waals surface area contributed by atoms with Crippen LogP contribution in [0, 0.1) is 17.8 Å². The fourth-order valence-corrected chi connectivity index (χ4v) is 8.52. The summed E-state index contributed by atoms with van der Waals surface area (Å²) in [6.45, 7) is 10.1. The number of aliphatic hydroxyl groups excluding tert-OH is 9. The maximum atomic E-state index is 13.6. The lowest BCUT2D eigenvalue weighted by molar-refractivity contribution is -0.317. The normalized spacial score (nSPS) is 42.4. The highest BCUT2D eigenvalue weighted by molar-refractivity contribution is 5.74. The number of hydrogen-bond acceptors (Lipinski definition) is 18. The molecule has 2 bridgehead atoms. The van der Waals surface area contributed by atoms with Crippen LogP contribution >= 0.6 is 0 Å². The summed E-state index contributed by atoms with van der Waals surface area (Å²) in [7, 11) is 1.26. The van der Waals surface area contributed by atoms with Gasteiger partial charge in [-0.05, 0) is 38.6 Å². The Bertz CT molecular complexity index is 1900. The molecule has 2 saturated heterocycles. The lowest BCUT2D eigenvalue weighted by atomic mass is 9.82. The molecule has 3 aliphatic heterocycles. The predicted octanol–water partition coefficient (Wildman–Crippen LogP) is 3.36. The first kappa shape index (κ1) is 61.0. The van der Waals surface area contributed by atoms with E-state index in [0.717, 1.165) is 0 Å². The van der Waals surface area contributed by atoms with Crippen LogP contribution in [-0.2, 0) is 38.0 Å². The SMILES string of the molecule is C=CCOC(=O)[C@H]1[C@@H]2C[C@@H](O[C@@H]3O[C@H](C)[C@@H](O)[C@H](N=[N+]=[N-])C3O)/C=C/C=C/C=C/C=C/C=C/C=C/C=C/[C@H](C)[C@@H](O)[C@@H](C)[C@H](C)OC(=O)C[C@H](O)C[C@H](O)CCC(O)[C@H](O)CC(O)C[C@](OC)(C[C@@H]1O)O2. The van der Waals surface area contributed by atoms with Crippen LogP contribution in [0.1, 0.15) is 79.1 Å². The van der Waals surface area contributed by atoms with E-state index in [1.54, 1.807) is 68.5 Å². The molecule has 0 amide bonds. The average molecular weight is 1000 g/mol. The second kappa shape index (κ2) is 31.3. The molecule has 3 rings (SSSR count). The third kappa shape index (κ3) is 20.2. The molecule has 20 heteroatoms. The molecule has 0 aliphatic carbocycles. The first-order chi connectivity index (χ1) is 33.8. The van der Waals surface area contributed by atoms with Gasteiger partial charge in [-0.15, -0.1) is 0 Å². The molecule has 2 fully saturated rings. The van der Waals surface area contributed by atoms with Gasteiger partial charge in [0, 0.05) is 49.5 Å². The number of carbonyl (C=O) groups is 2. The van der Waals surface area contributed by atoms with Crippen LogP contribution in [0.25, 0.3) is 10.4 Å². The van der Waals surface area contributed by atoms with Crippen LogP contribution < -0.4 is 0 Å². The third-order valence-corrected chi connectivity index (χ3v) is 12.8. The molecule has 0 aromatic carbocycles. The number of azide groups is 1. The highest BCUT2D eigenvalue weighted by Gasteiger charge is 2.52. The summed E-state index contributed by atoms with van der Waals surface area (Å²) < 4.78 is 35.2. The third-order valence-electron chi connectivity index (χ3n) is 12.8. The largest absolute Gasteiger partial charge is 0.462 e. The maximum absolute atomic E-state index is 13.6. The molecular formula is C51H77N3O17. The Morgan fingerprint density at radius 2 is 1.37 bits per heavy atom. The smallest absolute Gasteiger partial charge is 0.314 e. The van der Waals surface area contributed by atoms with Gasteiger partial charge in [0.05, 0.1) is 79.6 Å². The van der Waals surface area contributed by atoms with Crippen LogP contribution in [0.2, 0.25) is 0 Å². The molecule has 3 aliphatic rings. The Kier molecular flexibility index (Phi) is 26.9. The molecule has 0 spiro atoms. The van der Waals surface area contributed by atoms with Crippen molar-refractivity contribution in [2.45, 2.75) is 177 Å². The number of nitrogens with zero attached hydrogens (tertiary/aromatic N) is 3. The lowest BCUT2D eigenvalue weighted by Gasteiger charge is -2.47. The van der Waals surface area contributed by atoms with Crippen LogP contribution in [0.5, 0.6) is 0 Å². The molecule has 0 aromatic heterocycles. The number of cyclic esters (lactones) is 1. The van der Waals surface area contributed by atoms with Gasteiger partial charge in [0.1, 0.15) is 24.7 Å². The summed E-state index contributed by atoms with van der Waals surface area (Å²) in [6.07, 6.45) is 5.89. The molecule has 20 nitrogen and oxygen atoms in total. The van der Waals surface area contributed by atoms with E-state index in [-0.39, 0.29) is 51.0 Å². The van der Waals surface area contributed by atoms with Crippen molar-refractivity contribution in [1.29, 1.82) is 0 Å². The molecule has 3 unspecified atom stereocenters. The zero-order valence-electron chi connectivity index (χ0n) is 41.3. The number of aliphatic hydroxyl groups is 9. The minimum absolute atomic E-state index is 0.0882. The molecule has 0 aromatic rings. The van der Waals surface area contributed by atoms with Crippen molar-refractivity contribution in [1.82, 2.24) is 0 Å². The van der Waals surface area contributed by atoms with E-state index in [1.165, 1.54) is 20.1 Å². The zero-order chi connectivity index (χ0) is 52.7. The number of fused-ring (bicyclic) bond motifs is 2. The van der Waals surface area contributed by atoms with E-state index >= 15 is 0 Å². The number of ether oxygens (including phenoxy) is 6. The number of hydrogen-bond donors (Lipinski definition) is 9. The second-order valence-electron chi connectivity index (χ2n) is 18.4. The summed E-state index contributed by atoms with van der Waals surface area (Å²) in [5.41, 5.74) is 9.17. The number of esters is 2. The van der Waals surface area contributed by atoms with E-state index in [4.69, 9.17) is 34.0 Å². The summed E-state index contributed by atoms with van der Waals surface area (Å²) in [5.74, 6) is -5.46. The van der Waals surface area contributed by atoms with Crippen molar-refractivity contribution in [2.75, 3.05) is 13.7 Å². The molecule has 19 atom stereocenters. The Morgan fingerprint density at radius 1 is 0.761 bits per heavy atom.